The summed E-state index contributed by atoms with van der Waals surface area (Å²) in [5.41, 5.74) is -0.194. The van der Waals surface area contributed by atoms with Gasteiger partial charge in [0.25, 0.3) is 0 Å². The minimum absolute atomic E-state index is 0.185. The van der Waals surface area contributed by atoms with Crippen LogP contribution in [0.3, 0.4) is 0 Å². The van der Waals surface area contributed by atoms with E-state index in [1.54, 1.807) is 0 Å². The average Bonchev–Trinajstić information content (AvgIpc) is 1.64. The Bertz CT molecular complexity index is 69.4. The van der Waals surface area contributed by atoms with Crippen LogP contribution < -0.4 is 0 Å². The summed E-state index contributed by atoms with van der Waals surface area (Å²) in [6, 6.07) is 0. The predicted molar refractivity (Wildman–Crippen MR) is 48.5 cm³/mol. The highest BCUT2D eigenvalue weighted by Crippen LogP contribution is 2.25. The lowest BCUT2D eigenvalue weighted by atomic mass is 10.1. The number of halogens is 1. The third kappa shape index (κ3) is 5.44. The van der Waals surface area contributed by atoms with Crippen LogP contribution >= 0.6 is 30.4 Å². The molecule has 4 heteroatoms. The molecule has 0 atom stereocenters. The maximum atomic E-state index is 8.54. The SMILES string of the molecule is CC(C)(CCO)OSI. The van der Waals surface area contributed by atoms with Crippen molar-refractivity contribution in [2.45, 2.75) is 25.9 Å². The highest BCUT2D eigenvalue weighted by atomic mass is 127. The normalized spacial score (nSPS) is 12.0. The van der Waals surface area contributed by atoms with Crippen LogP contribution in [0, 0.1) is 0 Å². The first-order valence-electron chi connectivity index (χ1n) is 2.69. The van der Waals surface area contributed by atoms with Gasteiger partial charge in [-0.1, -0.05) is 0 Å². The molecule has 9 heavy (non-hydrogen) atoms. The molecular weight excluding hydrogens is 251 g/mol. The Morgan fingerprint density at radius 1 is 1.67 bits per heavy atom. The molecule has 0 spiro atoms. The van der Waals surface area contributed by atoms with E-state index in [1.165, 1.54) is 9.21 Å². The van der Waals surface area contributed by atoms with Gasteiger partial charge in [-0.3, -0.25) is 4.18 Å². The fraction of sp³-hybridized carbons (Fsp3) is 1.00. The molecule has 0 amide bonds. The van der Waals surface area contributed by atoms with Crippen molar-refractivity contribution in [2.75, 3.05) is 6.61 Å². The number of rotatable bonds is 4. The number of aliphatic hydroxyl groups excluding tert-OH is 1. The zero-order chi connectivity index (χ0) is 7.33. The second kappa shape index (κ2) is 4.76. The first kappa shape index (κ1) is 10.0. The van der Waals surface area contributed by atoms with Gasteiger partial charge in [-0.25, -0.2) is 0 Å². The standard InChI is InChI=1S/C5H11IO2S/c1-5(2,3-4-7)8-9-6/h7H,3-4H2,1-2H3. The number of aliphatic hydroxyl groups is 1. The van der Waals surface area contributed by atoms with E-state index in [0.29, 0.717) is 6.42 Å². The predicted octanol–water partition coefficient (Wildman–Crippen LogP) is 2.16. The fourth-order valence-electron chi connectivity index (χ4n) is 0.396. The summed E-state index contributed by atoms with van der Waals surface area (Å²) in [7, 11) is 1.31. The topological polar surface area (TPSA) is 29.5 Å². The molecule has 56 valence electrons. The molecule has 0 saturated carbocycles. The summed E-state index contributed by atoms with van der Waals surface area (Å²) in [6.45, 7) is 4.09. The molecule has 0 aliphatic rings. The molecule has 0 saturated heterocycles. The zero-order valence-corrected chi connectivity index (χ0v) is 8.53. The summed E-state index contributed by atoms with van der Waals surface area (Å²) in [5.74, 6) is 0. The van der Waals surface area contributed by atoms with Crippen LogP contribution in [0.15, 0.2) is 0 Å². The van der Waals surface area contributed by atoms with Gasteiger partial charge in [0.15, 0.2) is 0 Å². The van der Waals surface area contributed by atoms with E-state index in [4.69, 9.17) is 9.29 Å². The number of hydrogen-bond donors (Lipinski definition) is 1. The van der Waals surface area contributed by atoms with Gasteiger partial charge in [0.05, 0.1) is 14.8 Å². The summed E-state index contributed by atoms with van der Waals surface area (Å²) in [4.78, 5) is 0. The van der Waals surface area contributed by atoms with E-state index in [-0.39, 0.29) is 12.2 Å². The maximum absolute atomic E-state index is 8.54. The summed E-state index contributed by atoms with van der Waals surface area (Å²) >= 11 is 2.07. The van der Waals surface area contributed by atoms with Crippen molar-refractivity contribution in [3.8, 4) is 0 Å². The number of hydrogen-bond acceptors (Lipinski definition) is 3. The van der Waals surface area contributed by atoms with Crippen LogP contribution in [0.1, 0.15) is 20.3 Å². The lowest BCUT2D eigenvalue weighted by Gasteiger charge is -2.20. The molecule has 0 bridgehead atoms. The minimum atomic E-state index is -0.194. The van der Waals surface area contributed by atoms with Crippen LogP contribution in [0.5, 0.6) is 0 Å². The summed E-state index contributed by atoms with van der Waals surface area (Å²) < 4.78 is 5.21. The second-order valence-corrected chi connectivity index (χ2v) is 3.75. The van der Waals surface area contributed by atoms with Crippen molar-refractivity contribution in [2.24, 2.45) is 0 Å². The Morgan fingerprint density at radius 2 is 2.22 bits per heavy atom. The maximum Gasteiger partial charge on any atom is 0.0804 e. The van der Waals surface area contributed by atoms with E-state index in [1.807, 2.05) is 13.8 Å². The van der Waals surface area contributed by atoms with Gasteiger partial charge in [-0.05, 0) is 13.8 Å². The van der Waals surface area contributed by atoms with Crippen molar-refractivity contribution < 1.29 is 9.29 Å². The van der Waals surface area contributed by atoms with Crippen molar-refractivity contribution in [1.82, 2.24) is 0 Å². The van der Waals surface area contributed by atoms with E-state index >= 15 is 0 Å². The molecule has 0 aromatic carbocycles. The third-order valence-electron chi connectivity index (χ3n) is 0.971. The molecule has 2 nitrogen and oxygen atoms in total. The Balaban J connectivity index is 3.43. The third-order valence-corrected chi connectivity index (χ3v) is 2.02. The Hall–Kier alpha value is 1.00. The van der Waals surface area contributed by atoms with E-state index in [9.17, 15) is 0 Å². The van der Waals surface area contributed by atoms with Crippen LogP contribution in [0.25, 0.3) is 0 Å². The monoisotopic (exact) mass is 262 g/mol. The van der Waals surface area contributed by atoms with E-state index in [0.717, 1.165) is 0 Å². The van der Waals surface area contributed by atoms with Gasteiger partial charge in [-0.2, -0.15) is 0 Å². The molecule has 0 unspecified atom stereocenters. The van der Waals surface area contributed by atoms with Crippen molar-refractivity contribution in [3.05, 3.63) is 0 Å². The molecule has 0 aromatic heterocycles. The van der Waals surface area contributed by atoms with Gasteiger partial charge in [0.1, 0.15) is 0 Å². The average molecular weight is 262 g/mol. The summed E-state index contributed by atoms with van der Waals surface area (Å²) in [5, 5.41) is 8.54. The molecule has 0 aromatic rings. The first-order valence-corrected chi connectivity index (χ1v) is 5.98. The Labute approximate surface area is 72.1 Å². The minimum Gasteiger partial charge on any atom is -0.396 e. The molecule has 0 aliphatic carbocycles. The van der Waals surface area contributed by atoms with Gasteiger partial charge in [0.2, 0.25) is 0 Å². The molecule has 0 radical (unpaired) electrons. The molecule has 0 rings (SSSR count). The lowest BCUT2D eigenvalue weighted by Crippen LogP contribution is -2.21. The van der Waals surface area contributed by atoms with Crippen LogP contribution in [0.2, 0.25) is 0 Å². The highest BCUT2D eigenvalue weighted by molar-refractivity contribution is 14.2. The molecule has 0 aliphatic heterocycles. The smallest absolute Gasteiger partial charge is 0.0804 e. The van der Waals surface area contributed by atoms with Crippen molar-refractivity contribution in [1.29, 1.82) is 0 Å². The van der Waals surface area contributed by atoms with Crippen molar-refractivity contribution in [3.63, 3.8) is 0 Å². The zero-order valence-electron chi connectivity index (χ0n) is 5.56. The van der Waals surface area contributed by atoms with Crippen LogP contribution in [-0.2, 0) is 4.18 Å². The lowest BCUT2D eigenvalue weighted by molar-refractivity contribution is 0.103. The fourth-order valence-corrected chi connectivity index (χ4v) is 2.11. The first-order chi connectivity index (χ1) is 4.12. The van der Waals surface area contributed by atoms with E-state index < -0.39 is 0 Å². The highest BCUT2D eigenvalue weighted by Gasteiger charge is 2.17. The molecule has 0 heterocycles. The summed E-state index contributed by atoms with van der Waals surface area (Å²) in [6.07, 6.45) is 0.684. The largest absolute Gasteiger partial charge is 0.396 e. The van der Waals surface area contributed by atoms with E-state index in [2.05, 4.69) is 21.2 Å². The van der Waals surface area contributed by atoms with Crippen LogP contribution in [0.4, 0.5) is 0 Å². The Morgan fingerprint density at radius 3 is 2.56 bits per heavy atom. The van der Waals surface area contributed by atoms with Crippen LogP contribution in [-0.4, -0.2) is 17.3 Å². The second-order valence-electron chi connectivity index (χ2n) is 2.38. The quantitative estimate of drug-likeness (QED) is 0.622. The molecular formula is C5H11IO2S. The molecule has 0 fully saturated rings. The van der Waals surface area contributed by atoms with Gasteiger partial charge < -0.3 is 5.11 Å². The van der Waals surface area contributed by atoms with Gasteiger partial charge in [-0.15, -0.1) is 0 Å². The van der Waals surface area contributed by atoms with Gasteiger partial charge >= 0.3 is 0 Å². The molecule has 1 N–H and O–H groups in total. The Kier molecular flexibility index (Phi) is 5.29. The van der Waals surface area contributed by atoms with Gasteiger partial charge in [0, 0.05) is 34.2 Å². The van der Waals surface area contributed by atoms with Crippen molar-refractivity contribution >= 4 is 30.4 Å².